The molecule has 1 amide bonds. The zero-order valence-electron chi connectivity index (χ0n) is 13.1. The number of carbonyl (C=O) groups excluding carboxylic acids is 2. The van der Waals surface area contributed by atoms with E-state index in [1.807, 2.05) is 0 Å². The van der Waals surface area contributed by atoms with Gasteiger partial charge in [-0.1, -0.05) is 34.8 Å². The molecule has 1 aliphatic rings. The van der Waals surface area contributed by atoms with Crippen LogP contribution in [0.15, 0.2) is 36.4 Å². The molecule has 0 saturated heterocycles. The number of benzene rings is 2. The van der Waals surface area contributed by atoms with Gasteiger partial charge in [-0.2, -0.15) is 0 Å². The lowest BCUT2D eigenvalue weighted by atomic mass is 10.1. The number of amides is 1. The molecule has 0 bridgehead atoms. The fourth-order valence-electron chi connectivity index (χ4n) is 2.66. The largest absolute Gasteiger partial charge is 0.494 e. The molecule has 130 valence electrons. The fraction of sp³-hybridized carbons (Fsp3) is 0.222. The molecule has 1 aliphatic heterocycles. The first-order valence-electron chi connectivity index (χ1n) is 7.71. The highest BCUT2D eigenvalue weighted by Gasteiger charge is 2.37. The lowest BCUT2D eigenvalue weighted by Crippen LogP contribution is -2.31. The number of rotatable bonds is 6. The number of unbranched alkanes of at least 4 members (excludes halogenated alkanes) is 1. The number of ketones is 1. The van der Waals surface area contributed by atoms with Crippen molar-refractivity contribution in [3.63, 3.8) is 0 Å². The predicted molar refractivity (Wildman–Crippen MR) is 99.3 cm³/mol. The van der Waals surface area contributed by atoms with E-state index in [4.69, 9.17) is 39.5 Å². The standard InChI is InChI=1S/C18H14Cl3NO3/c19-11-3-5-13(6-4-11)25-8-2-1-7-22-16-14(17(23)18(22)24)9-12(20)10-15(16)21/h3-6,9-10H,1-2,7-8H2. The number of carbonyl (C=O) groups is 2. The van der Waals surface area contributed by atoms with Gasteiger partial charge < -0.3 is 9.64 Å². The van der Waals surface area contributed by atoms with Gasteiger partial charge in [-0.25, -0.2) is 0 Å². The zero-order valence-corrected chi connectivity index (χ0v) is 15.4. The summed E-state index contributed by atoms with van der Waals surface area (Å²) in [7, 11) is 0. The minimum Gasteiger partial charge on any atom is -0.494 e. The molecular weight excluding hydrogens is 385 g/mol. The lowest BCUT2D eigenvalue weighted by Gasteiger charge is -2.17. The van der Waals surface area contributed by atoms with Crippen molar-refractivity contribution in [2.45, 2.75) is 12.8 Å². The summed E-state index contributed by atoms with van der Waals surface area (Å²) in [5, 5.41) is 1.29. The second-order valence-electron chi connectivity index (χ2n) is 5.58. The van der Waals surface area contributed by atoms with E-state index in [1.165, 1.54) is 17.0 Å². The topological polar surface area (TPSA) is 46.6 Å². The van der Waals surface area contributed by atoms with Crippen molar-refractivity contribution in [2.24, 2.45) is 0 Å². The molecule has 0 fully saturated rings. The maximum atomic E-state index is 12.2. The average molecular weight is 399 g/mol. The van der Waals surface area contributed by atoms with Gasteiger partial charge in [-0.3, -0.25) is 9.59 Å². The number of fused-ring (bicyclic) bond motifs is 1. The van der Waals surface area contributed by atoms with Crippen LogP contribution >= 0.6 is 34.8 Å². The molecule has 4 nitrogen and oxygen atoms in total. The van der Waals surface area contributed by atoms with Crippen molar-refractivity contribution in [3.05, 3.63) is 57.0 Å². The summed E-state index contributed by atoms with van der Waals surface area (Å²) in [5.74, 6) is -0.408. The molecule has 2 aromatic carbocycles. The molecule has 0 atom stereocenters. The SMILES string of the molecule is O=C1C(=O)N(CCCCOc2ccc(Cl)cc2)c2c(Cl)cc(Cl)cc21. The normalized spacial score (nSPS) is 13.3. The Morgan fingerprint density at radius 2 is 1.64 bits per heavy atom. The van der Waals surface area contributed by atoms with Crippen LogP contribution in [0.1, 0.15) is 23.2 Å². The molecule has 7 heteroatoms. The van der Waals surface area contributed by atoms with Crippen LogP contribution in [0.3, 0.4) is 0 Å². The summed E-state index contributed by atoms with van der Waals surface area (Å²) in [6, 6.07) is 10.1. The van der Waals surface area contributed by atoms with Crippen molar-refractivity contribution in [2.75, 3.05) is 18.1 Å². The maximum Gasteiger partial charge on any atom is 0.299 e. The zero-order chi connectivity index (χ0) is 18.0. The maximum absolute atomic E-state index is 12.2. The molecule has 0 saturated carbocycles. The second kappa shape index (κ2) is 7.65. The lowest BCUT2D eigenvalue weighted by molar-refractivity contribution is -0.114. The molecule has 25 heavy (non-hydrogen) atoms. The Balaban J connectivity index is 1.56. The number of hydrogen-bond acceptors (Lipinski definition) is 3. The highest BCUT2D eigenvalue weighted by Crippen LogP contribution is 2.38. The molecule has 0 aromatic heterocycles. The van der Waals surface area contributed by atoms with Crippen LogP contribution in [0.4, 0.5) is 5.69 Å². The van der Waals surface area contributed by atoms with E-state index < -0.39 is 11.7 Å². The van der Waals surface area contributed by atoms with Gasteiger partial charge in [-0.15, -0.1) is 0 Å². The molecule has 0 aliphatic carbocycles. The van der Waals surface area contributed by atoms with E-state index >= 15 is 0 Å². The molecule has 0 unspecified atom stereocenters. The Hall–Kier alpha value is -1.75. The minimum absolute atomic E-state index is 0.264. The highest BCUT2D eigenvalue weighted by molar-refractivity contribution is 6.54. The third kappa shape index (κ3) is 3.92. The van der Waals surface area contributed by atoms with Gasteiger partial charge in [-0.05, 0) is 49.2 Å². The first kappa shape index (κ1) is 18.1. The summed E-state index contributed by atoms with van der Waals surface area (Å²) in [4.78, 5) is 25.7. The fourth-order valence-corrected chi connectivity index (χ4v) is 3.38. The number of nitrogens with zero attached hydrogens (tertiary/aromatic N) is 1. The Kier molecular flexibility index (Phi) is 5.52. The summed E-state index contributed by atoms with van der Waals surface area (Å²) in [6.45, 7) is 0.891. The van der Waals surface area contributed by atoms with Crippen molar-refractivity contribution >= 4 is 52.2 Å². The second-order valence-corrected chi connectivity index (χ2v) is 6.86. The van der Waals surface area contributed by atoms with E-state index in [2.05, 4.69) is 0 Å². The third-order valence-corrected chi connectivity index (χ3v) is 4.60. The number of hydrogen-bond donors (Lipinski definition) is 0. The van der Waals surface area contributed by atoms with E-state index in [0.29, 0.717) is 40.3 Å². The molecular formula is C18H14Cl3NO3. The molecule has 3 rings (SSSR count). The van der Waals surface area contributed by atoms with Gasteiger partial charge in [0.2, 0.25) is 0 Å². The third-order valence-electron chi connectivity index (χ3n) is 3.84. The Morgan fingerprint density at radius 3 is 2.36 bits per heavy atom. The van der Waals surface area contributed by atoms with Gasteiger partial charge in [0.1, 0.15) is 5.75 Å². The molecule has 2 aromatic rings. The van der Waals surface area contributed by atoms with Crippen LogP contribution in [0.2, 0.25) is 15.1 Å². The number of anilines is 1. The first-order valence-corrected chi connectivity index (χ1v) is 8.84. The number of halogens is 3. The quantitative estimate of drug-likeness (QED) is 0.506. The van der Waals surface area contributed by atoms with Crippen molar-refractivity contribution in [1.29, 1.82) is 0 Å². The van der Waals surface area contributed by atoms with E-state index in [0.717, 1.165) is 12.2 Å². The van der Waals surface area contributed by atoms with Crippen LogP contribution in [0.25, 0.3) is 0 Å². The van der Waals surface area contributed by atoms with E-state index in [-0.39, 0.29) is 5.56 Å². The first-order chi connectivity index (χ1) is 12.0. The van der Waals surface area contributed by atoms with Crippen LogP contribution in [0.5, 0.6) is 5.75 Å². The highest BCUT2D eigenvalue weighted by atomic mass is 35.5. The molecule has 1 heterocycles. The summed E-state index contributed by atoms with van der Waals surface area (Å²) < 4.78 is 5.61. The Morgan fingerprint density at radius 1 is 0.920 bits per heavy atom. The van der Waals surface area contributed by atoms with Gasteiger partial charge in [0.15, 0.2) is 0 Å². The van der Waals surface area contributed by atoms with Crippen LogP contribution < -0.4 is 9.64 Å². The summed E-state index contributed by atoms with van der Waals surface area (Å²) in [5.41, 5.74) is 0.708. The van der Waals surface area contributed by atoms with Crippen LogP contribution in [0, 0.1) is 0 Å². The molecule has 0 radical (unpaired) electrons. The molecule has 0 spiro atoms. The number of Topliss-reactive ketones (excluding diaryl/α,β-unsaturated/α-hetero) is 1. The van der Waals surface area contributed by atoms with Crippen LogP contribution in [-0.2, 0) is 4.79 Å². The Labute approximate surface area is 160 Å². The summed E-state index contributed by atoms with van der Waals surface area (Å²) in [6.07, 6.45) is 1.39. The van der Waals surface area contributed by atoms with Crippen LogP contribution in [-0.4, -0.2) is 24.8 Å². The predicted octanol–water partition coefficient (Wildman–Crippen LogP) is 5.04. The minimum atomic E-state index is -0.572. The average Bonchev–Trinajstić information content (AvgIpc) is 2.81. The monoisotopic (exact) mass is 397 g/mol. The summed E-state index contributed by atoms with van der Waals surface area (Å²) >= 11 is 17.9. The smallest absolute Gasteiger partial charge is 0.299 e. The molecule has 0 N–H and O–H groups in total. The van der Waals surface area contributed by atoms with Crippen molar-refractivity contribution in [1.82, 2.24) is 0 Å². The van der Waals surface area contributed by atoms with Crippen molar-refractivity contribution < 1.29 is 14.3 Å². The van der Waals surface area contributed by atoms with Crippen molar-refractivity contribution in [3.8, 4) is 5.75 Å². The van der Waals surface area contributed by atoms with Gasteiger partial charge >= 0.3 is 0 Å². The van der Waals surface area contributed by atoms with E-state index in [9.17, 15) is 9.59 Å². The van der Waals surface area contributed by atoms with E-state index in [1.54, 1.807) is 24.3 Å². The van der Waals surface area contributed by atoms with Gasteiger partial charge in [0.05, 0.1) is 22.9 Å². The van der Waals surface area contributed by atoms with Gasteiger partial charge in [0.25, 0.3) is 11.7 Å². The Bertz CT molecular complexity index is 821. The van der Waals surface area contributed by atoms with Gasteiger partial charge in [0, 0.05) is 16.6 Å². The number of ether oxygens (including phenoxy) is 1.